The van der Waals surface area contributed by atoms with E-state index in [4.69, 9.17) is 5.73 Å². The lowest BCUT2D eigenvalue weighted by molar-refractivity contribution is -0.135. The van der Waals surface area contributed by atoms with E-state index in [9.17, 15) is 32.8 Å². The van der Waals surface area contributed by atoms with Crippen molar-refractivity contribution in [3.8, 4) is 22.3 Å². The maximum atomic E-state index is 13.4. The molecule has 0 spiro atoms. The second kappa shape index (κ2) is 26.8. The molecule has 0 bridgehead atoms. The predicted octanol–water partition coefficient (Wildman–Crippen LogP) is 11.3. The normalized spacial score (nSPS) is 19.3. The van der Waals surface area contributed by atoms with Crippen LogP contribution in [0.1, 0.15) is 121 Å². The molecule has 2 saturated heterocycles. The van der Waals surface area contributed by atoms with Gasteiger partial charge in [-0.05, 0) is 158 Å². The molecule has 4 fully saturated rings. The second-order valence-electron chi connectivity index (χ2n) is 20.3. The van der Waals surface area contributed by atoms with Crippen LogP contribution in [0.3, 0.4) is 0 Å². The summed E-state index contributed by atoms with van der Waals surface area (Å²) in [6, 6.07) is 47.2. The van der Waals surface area contributed by atoms with Crippen LogP contribution in [0.4, 0.5) is 8.78 Å². The van der Waals surface area contributed by atoms with Crippen LogP contribution in [-0.2, 0) is 14.4 Å². The van der Waals surface area contributed by atoms with Gasteiger partial charge in [-0.3, -0.25) is 19.2 Å². The first kappa shape index (κ1) is 54.0. The standard InChI is InChI=1S/C32H35FN2O2.C22H24N2O3.C9H10FN/c33-28-18-16-25(17-19-28)29-22-27(29)10-7-11-30(32(37)35-20-5-2-6-21-35)34-31(36)26-14-12-24(13-15-26)23-8-3-1-4-9-23;25-16-13-20(22(27)24-14-5-2-6-15-24)23-21(26)19-11-9-18(10-12-19)17-7-3-1-4-8-17;10-7-3-1-6(2-4-7)8-5-9(8)11/h1,3-4,8-9,12-19,27,29-30H,2,5-7,10-11,20-22H2,(H,34,36);1,3-4,7-12,16,20H,2,5-6,13-15H2,(H,23,26);1-4,8-9H,5,11H2/t27-,29+,30+;20-;8-,9+/m100/s1. The molecule has 12 heteroatoms. The van der Waals surface area contributed by atoms with E-state index in [2.05, 4.69) is 10.6 Å². The Kier molecular flexibility index (Phi) is 19.3. The summed E-state index contributed by atoms with van der Waals surface area (Å²) in [5, 5.41) is 5.79. The molecule has 0 radical (unpaired) electrons. The number of carbonyl (C=O) groups excluding carboxylic acids is 5. The van der Waals surface area contributed by atoms with Crippen molar-refractivity contribution in [3.05, 3.63) is 192 Å². The van der Waals surface area contributed by atoms with Gasteiger partial charge in [0.1, 0.15) is 30.0 Å². The quantitative estimate of drug-likeness (QED) is 0.0825. The van der Waals surface area contributed by atoms with Crippen molar-refractivity contribution in [1.29, 1.82) is 0 Å². The first-order valence-corrected chi connectivity index (χ1v) is 26.7. The number of carbonyl (C=O) groups is 5. The van der Waals surface area contributed by atoms with E-state index in [0.717, 1.165) is 99.6 Å². The minimum absolute atomic E-state index is 0.0107. The second-order valence-corrected chi connectivity index (χ2v) is 20.3. The maximum Gasteiger partial charge on any atom is 0.251 e. The van der Waals surface area contributed by atoms with Gasteiger partial charge in [-0.25, -0.2) is 8.78 Å². The number of nitrogens with zero attached hydrogens (tertiary/aromatic N) is 2. The van der Waals surface area contributed by atoms with Gasteiger partial charge in [0, 0.05) is 55.7 Å². The van der Waals surface area contributed by atoms with E-state index < -0.39 is 12.1 Å². The molecule has 2 heterocycles. The maximum absolute atomic E-state index is 13.4. The molecular formula is C63H69F2N5O5. The van der Waals surface area contributed by atoms with Crippen molar-refractivity contribution < 1.29 is 32.8 Å². The summed E-state index contributed by atoms with van der Waals surface area (Å²) < 4.78 is 25.7. The van der Waals surface area contributed by atoms with Crippen LogP contribution in [0.15, 0.2) is 158 Å². The lowest BCUT2D eigenvalue weighted by Gasteiger charge is -2.31. The Morgan fingerprint density at radius 1 is 0.520 bits per heavy atom. The lowest BCUT2D eigenvalue weighted by atomic mass is 10.0. The van der Waals surface area contributed by atoms with Gasteiger partial charge in [0.2, 0.25) is 11.8 Å². The number of hydrogen-bond acceptors (Lipinski definition) is 6. The Morgan fingerprint density at radius 2 is 0.920 bits per heavy atom. The van der Waals surface area contributed by atoms with Crippen molar-refractivity contribution in [1.82, 2.24) is 20.4 Å². The van der Waals surface area contributed by atoms with Crippen molar-refractivity contribution in [2.24, 2.45) is 11.7 Å². The molecule has 75 heavy (non-hydrogen) atoms. The summed E-state index contributed by atoms with van der Waals surface area (Å²) in [5.41, 5.74) is 13.3. The summed E-state index contributed by atoms with van der Waals surface area (Å²) in [6.45, 7) is 2.92. The Hall–Kier alpha value is -7.31. The number of hydrogen-bond donors (Lipinski definition) is 3. The number of benzene rings is 6. The first-order chi connectivity index (χ1) is 36.5. The molecule has 10 nitrogen and oxygen atoms in total. The molecule has 2 aliphatic carbocycles. The molecule has 390 valence electrons. The largest absolute Gasteiger partial charge is 0.341 e. The van der Waals surface area contributed by atoms with E-state index >= 15 is 0 Å². The van der Waals surface area contributed by atoms with Crippen LogP contribution in [0.25, 0.3) is 22.3 Å². The van der Waals surface area contributed by atoms with Gasteiger partial charge >= 0.3 is 0 Å². The highest BCUT2D eigenvalue weighted by Gasteiger charge is 2.38. The molecular weight excluding hydrogens is 945 g/mol. The van der Waals surface area contributed by atoms with Crippen molar-refractivity contribution in [3.63, 3.8) is 0 Å². The van der Waals surface area contributed by atoms with E-state index in [0.29, 0.717) is 60.7 Å². The average molecular weight is 1010 g/mol. The van der Waals surface area contributed by atoms with Gasteiger partial charge < -0.3 is 31.0 Å². The molecule has 0 unspecified atom stereocenters. The van der Waals surface area contributed by atoms with Crippen molar-refractivity contribution in [2.75, 3.05) is 26.2 Å². The van der Waals surface area contributed by atoms with Crippen LogP contribution in [0.5, 0.6) is 0 Å². The van der Waals surface area contributed by atoms with E-state index in [1.54, 1.807) is 17.0 Å². The van der Waals surface area contributed by atoms with E-state index in [-0.39, 0.29) is 41.7 Å². The van der Waals surface area contributed by atoms with Gasteiger partial charge in [0.15, 0.2) is 0 Å². The number of nitrogens with one attached hydrogen (secondary N) is 2. The minimum atomic E-state index is -0.804. The molecule has 2 saturated carbocycles. The number of piperidine rings is 2. The highest BCUT2D eigenvalue weighted by atomic mass is 19.1. The molecule has 10 rings (SSSR count). The van der Waals surface area contributed by atoms with Crippen LogP contribution >= 0.6 is 0 Å². The van der Waals surface area contributed by atoms with Crippen LogP contribution < -0.4 is 16.4 Å². The highest BCUT2D eigenvalue weighted by Crippen LogP contribution is 2.50. The van der Waals surface area contributed by atoms with Gasteiger partial charge in [0.05, 0.1) is 0 Å². The first-order valence-electron chi connectivity index (χ1n) is 26.7. The van der Waals surface area contributed by atoms with Crippen molar-refractivity contribution >= 4 is 29.9 Å². The molecule has 4 aliphatic rings. The summed E-state index contributed by atoms with van der Waals surface area (Å²) in [6.07, 6.45) is 11.6. The van der Waals surface area contributed by atoms with Gasteiger partial charge in [-0.15, -0.1) is 0 Å². The summed E-state index contributed by atoms with van der Waals surface area (Å²) in [5.74, 6) is 0.476. The number of halogens is 2. The zero-order valence-corrected chi connectivity index (χ0v) is 42.6. The third-order valence-electron chi connectivity index (χ3n) is 14.8. The fraction of sp³-hybridized carbons (Fsp3) is 0.349. The Balaban J connectivity index is 0.000000170. The average Bonchev–Trinajstić information content (AvgIpc) is 4.41. The number of likely N-dealkylation sites (tertiary alicyclic amines) is 2. The van der Waals surface area contributed by atoms with Gasteiger partial charge in [-0.2, -0.15) is 0 Å². The summed E-state index contributed by atoms with van der Waals surface area (Å²) in [7, 11) is 0. The fourth-order valence-electron chi connectivity index (χ4n) is 10.2. The number of nitrogens with two attached hydrogens (primary N) is 1. The SMILES string of the molecule is N[C@@H]1C[C@H]1c1ccc(F)cc1.O=C(N[C@@H](CCC[C@@H]1C[C@H]1c1ccc(F)cc1)C(=O)N1CCCCC1)c1ccc(-c2ccccc2)cc1.O=CC[C@H](NC(=O)c1ccc(-c2ccccc2)cc1)C(=O)N1CCCCC1. The van der Waals surface area contributed by atoms with E-state index in [1.165, 1.54) is 35.4 Å². The molecule has 6 aromatic rings. The molecule has 4 amide bonds. The zero-order chi connectivity index (χ0) is 52.5. The van der Waals surface area contributed by atoms with Gasteiger partial charge in [0.25, 0.3) is 11.8 Å². The third-order valence-corrected chi connectivity index (χ3v) is 14.8. The van der Waals surface area contributed by atoms with Crippen LogP contribution in [-0.4, -0.2) is 84.0 Å². The number of rotatable bonds is 16. The molecule has 6 aromatic carbocycles. The molecule has 4 N–H and O–H groups in total. The number of amides is 4. The van der Waals surface area contributed by atoms with E-state index in [1.807, 2.05) is 126 Å². The Labute approximate surface area is 440 Å². The topological polar surface area (TPSA) is 142 Å². The fourth-order valence-corrected chi connectivity index (χ4v) is 10.2. The van der Waals surface area contributed by atoms with Crippen molar-refractivity contribution in [2.45, 2.75) is 107 Å². The molecule has 2 aliphatic heterocycles. The number of aldehydes is 1. The smallest absolute Gasteiger partial charge is 0.251 e. The molecule has 6 atom stereocenters. The minimum Gasteiger partial charge on any atom is -0.341 e. The summed E-state index contributed by atoms with van der Waals surface area (Å²) in [4.78, 5) is 66.4. The van der Waals surface area contributed by atoms with Gasteiger partial charge in [-0.1, -0.05) is 116 Å². The lowest BCUT2D eigenvalue weighted by Crippen LogP contribution is -2.50. The molecule has 0 aromatic heterocycles. The monoisotopic (exact) mass is 1010 g/mol. The highest BCUT2D eigenvalue weighted by molar-refractivity contribution is 5.99. The Morgan fingerprint density at radius 3 is 1.35 bits per heavy atom. The zero-order valence-electron chi connectivity index (χ0n) is 42.6. The summed E-state index contributed by atoms with van der Waals surface area (Å²) >= 11 is 0. The predicted molar refractivity (Wildman–Crippen MR) is 291 cm³/mol. The van der Waals surface area contributed by atoms with Crippen LogP contribution in [0.2, 0.25) is 0 Å². The third kappa shape index (κ3) is 15.6. The Bertz CT molecular complexity index is 2780. The van der Waals surface area contributed by atoms with Crippen LogP contribution in [0, 0.1) is 17.6 Å².